The first-order valence-corrected chi connectivity index (χ1v) is 8.44. The van der Waals surface area contributed by atoms with Gasteiger partial charge in [0.15, 0.2) is 0 Å². The highest BCUT2D eigenvalue weighted by atomic mass is 79.9. The summed E-state index contributed by atoms with van der Waals surface area (Å²) in [6, 6.07) is 11.2. The lowest BCUT2D eigenvalue weighted by atomic mass is 10.2. The number of ether oxygens (including phenoxy) is 1. The second kappa shape index (κ2) is 7.23. The molecule has 0 saturated heterocycles. The fourth-order valence-corrected chi connectivity index (χ4v) is 3.09. The number of amides is 1. The van der Waals surface area contributed by atoms with Gasteiger partial charge in [-0.1, -0.05) is 33.6 Å². The standard InChI is InChI=1S/C17H15BrClN3O2/c1-24-16-6-5-12(18)7-11(16)8-20-17(23)10-22-15-4-2-3-14(19)13(15)9-21-22/h2-7,9H,8,10H2,1H3,(H,20,23). The van der Waals surface area contributed by atoms with Gasteiger partial charge >= 0.3 is 0 Å². The Balaban J connectivity index is 1.70. The number of methoxy groups -OCH3 is 1. The molecule has 0 aliphatic carbocycles. The Morgan fingerprint density at radius 1 is 1.38 bits per heavy atom. The van der Waals surface area contributed by atoms with Gasteiger partial charge in [-0.3, -0.25) is 9.48 Å². The topological polar surface area (TPSA) is 56.1 Å². The first-order chi connectivity index (χ1) is 11.6. The molecule has 124 valence electrons. The molecule has 0 bridgehead atoms. The number of benzene rings is 2. The SMILES string of the molecule is COc1ccc(Br)cc1CNC(=O)Cn1ncc2c(Cl)cccc21. The highest BCUT2D eigenvalue weighted by molar-refractivity contribution is 9.10. The van der Waals surface area contributed by atoms with E-state index in [1.807, 2.05) is 30.3 Å². The Hall–Kier alpha value is -2.05. The van der Waals surface area contributed by atoms with Crippen LogP contribution in [0.15, 0.2) is 47.1 Å². The van der Waals surface area contributed by atoms with Crippen LogP contribution in [-0.4, -0.2) is 22.8 Å². The first-order valence-electron chi connectivity index (χ1n) is 7.27. The molecule has 5 nitrogen and oxygen atoms in total. The molecule has 0 radical (unpaired) electrons. The van der Waals surface area contributed by atoms with Gasteiger partial charge in [0.2, 0.25) is 5.91 Å². The molecule has 0 aliphatic heterocycles. The van der Waals surface area contributed by atoms with Gasteiger partial charge in [-0.25, -0.2) is 0 Å². The highest BCUT2D eigenvalue weighted by Crippen LogP contribution is 2.23. The summed E-state index contributed by atoms with van der Waals surface area (Å²) in [5.41, 5.74) is 1.73. The van der Waals surface area contributed by atoms with Crippen LogP contribution in [0.2, 0.25) is 5.02 Å². The van der Waals surface area contributed by atoms with Gasteiger partial charge in [0, 0.05) is 22.0 Å². The number of hydrogen-bond acceptors (Lipinski definition) is 3. The van der Waals surface area contributed by atoms with Crippen LogP contribution < -0.4 is 10.1 Å². The predicted molar refractivity (Wildman–Crippen MR) is 97.3 cm³/mol. The molecule has 24 heavy (non-hydrogen) atoms. The quantitative estimate of drug-likeness (QED) is 0.699. The summed E-state index contributed by atoms with van der Waals surface area (Å²) in [4.78, 5) is 12.2. The molecular weight excluding hydrogens is 394 g/mol. The maximum atomic E-state index is 12.2. The van der Waals surface area contributed by atoms with E-state index in [-0.39, 0.29) is 12.5 Å². The van der Waals surface area contributed by atoms with E-state index in [0.29, 0.717) is 11.6 Å². The minimum Gasteiger partial charge on any atom is -0.496 e. The second-order valence-electron chi connectivity index (χ2n) is 5.21. The lowest BCUT2D eigenvalue weighted by molar-refractivity contribution is -0.121. The lowest BCUT2D eigenvalue weighted by Gasteiger charge is -2.10. The van der Waals surface area contributed by atoms with Crippen LogP contribution in [0.4, 0.5) is 0 Å². The zero-order valence-electron chi connectivity index (χ0n) is 12.9. The van der Waals surface area contributed by atoms with Crippen LogP contribution in [0, 0.1) is 0 Å². The van der Waals surface area contributed by atoms with E-state index in [1.165, 1.54) is 0 Å². The van der Waals surface area contributed by atoms with Crippen molar-refractivity contribution in [3.8, 4) is 5.75 Å². The average molecular weight is 409 g/mol. The molecule has 1 N–H and O–H groups in total. The molecule has 3 aromatic rings. The fourth-order valence-electron chi connectivity index (χ4n) is 2.47. The number of carbonyl (C=O) groups is 1. The summed E-state index contributed by atoms with van der Waals surface area (Å²) in [6.45, 7) is 0.502. The van der Waals surface area contributed by atoms with Crippen LogP contribution in [0.1, 0.15) is 5.56 Å². The van der Waals surface area contributed by atoms with Gasteiger partial charge < -0.3 is 10.1 Å². The van der Waals surface area contributed by atoms with Crippen LogP contribution in [0.5, 0.6) is 5.75 Å². The van der Waals surface area contributed by atoms with Gasteiger partial charge in [0.25, 0.3) is 0 Å². The van der Waals surface area contributed by atoms with E-state index in [9.17, 15) is 4.79 Å². The monoisotopic (exact) mass is 407 g/mol. The Kier molecular flexibility index (Phi) is 5.06. The third-order valence-electron chi connectivity index (χ3n) is 3.65. The minimum absolute atomic E-state index is 0.125. The third-order valence-corrected chi connectivity index (χ3v) is 4.47. The van der Waals surface area contributed by atoms with Crippen molar-refractivity contribution in [2.45, 2.75) is 13.1 Å². The summed E-state index contributed by atoms with van der Waals surface area (Å²) in [7, 11) is 1.61. The minimum atomic E-state index is -0.137. The first kappa shape index (κ1) is 16.8. The molecule has 0 spiro atoms. The number of nitrogens with zero attached hydrogens (tertiary/aromatic N) is 2. The molecule has 0 saturated carbocycles. The van der Waals surface area contributed by atoms with Gasteiger partial charge in [0.05, 0.1) is 23.8 Å². The molecular formula is C17H15BrClN3O2. The molecule has 0 aliphatic rings. The van der Waals surface area contributed by atoms with E-state index >= 15 is 0 Å². The number of aromatic nitrogens is 2. The van der Waals surface area contributed by atoms with Gasteiger partial charge in [-0.15, -0.1) is 0 Å². The van der Waals surface area contributed by atoms with Gasteiger partial charge in [-0.2, -0.15) is 5.10 Å². The Morgan fingerprint density at radius 2 is 2.21 bits per heavy atom. The van der Waals surface area contributed by atoms with Crippen molar-refractivity contribution in [1.82, 2.24) is 15.1 Å². The van der Waals surface area contributed by atoms with E-state index in [2.05, 4.69) is 26.3 Å². The van der Waals surface area contributed by atoms with Crippen molar-refractivity contribution >= 4 is 44.3 Å². The Morgan fingerprint density at radius 3 is 3.00 bits per heavy atom. The smallest absolute Gasteiger partial charge is 0.242 e. The molecule has 7 heteroatoms. The summed E-state index contributed by atoms with van der Waals surface area (Å²) >= 11 is 9.54. The van der Waals surface area contributed by atoms with Crippen molar-refractivity contribution in [3.05, 3.63) is 57.7 Å². The summed E-state index contributed by atoms with van der Waals surface area (Å²) < 4.78 is 7.87. The lowest BCUT2D eigenvalue weighted by Crippen LogP contribution is -2.27. The molecule has 0 fully saturated rings. The van der Waals surface area contributed by atoms with Crippen molar-refractivity contribution in [3.63, 3.8) is 0 Å². The fraction of sp³-hybridized carbons (Fsp3) is 0.176. The van der Waals surface area contributed by atoms with E-state index in [0.717, 1.165) is 26.7 Å². The number of fused-ring (bicyclic) bond motifs is 1. The van der Waals surface area contributed by atoms with E-state index in [1.54, 1.807) is 24.1 Å². The summed E-state index contributed by atoms with van der Waals surface area (Å²) in [6.07, 6.45) is 1.67. The zero-order valence-corrected chi connectivity index (χ0v) is 15.3. The maximum absolute atomic E-state index is 12.2. The summed E-state index contributed by atoms with van der Waals surface area (Å²) in [5, 5.41) is 8.58. The molecule has 1 aromatic heterocycles. The predicted octanol–water partition coefficient (Wildman–Crippen LogP) is 3.78. The molecule has 1 heterocycles. The van der Waals surface area contributed by atoms with E-state index in [4.69, 9.17) is 16.3 Å². The molecule has 3 rings (SSSR count). The van der Waals surface area contributed by atoms with Crippen LogP contribution in [-0.2, 0) is 17.9 Å². The van der Waals surface area contributed by atoms with Gasteiger partial charge in [0.1, 0.15) is 12.3 Å². The number of nitrogens with one attached hydrogen (secondary N) is 1. The molecule has 1 amide bonds. The second-order valence-corrected chi connectivity index (χ2v) is 6.53. The van der Waals surface area contributed by atoms with Crippen LogP contribution in [0.3, 0.4) is 0 Å². The van der Waals surface area contributed by atoms with Gasteiger partial charge in [-0.05, 0) is 30.3 Å². The van der Waals surface area contributed by atoms with Crippen molar-refractivity contribution in [2.75, 3.05) is 7.11 Å². The van der Waals surface area contributed by atoms with Crippen LogP contribution in [0.25, 0.3) is 10.9 Å². The summed E-state index contributed by atoms with van der Waals surface area (Å²) in [5.74, 6) is 0.594. The molecule has 0 unspecified atom stereocenters. The molecule has 2 aromatic carbocycles. The van der Waals surface area contributed by atoms with Crippen molar-refractivity contribution in [1.29, 1.82) is 0 Å². The average Bonchev–Trinajstić information content (AvgIpc) is 2.97. The zero-order chi connectivity index (χ0) is 17.1. The third kappa shape index (κ3) is 3.55. The number of hydrogen-bond donors (Lipinski definition) is 1. The normalized spacial score (nSPS) is 10.8. The highest BCUT2D eigenvalue weighted by Gasteiger charge is 2.10. The largest absolute Gasteiger partial charge is 0.496 e. The van der Waals surface area contributed by atoms with Crippen LogP contribution >= 0.6 is 27.5 Å². The van der Waals surface area contributed by atoms with E-state index < -0.39 is 0 Å². The Labute approximate surface area is 152 Å². The van der Waals surface area contributed by atoms with Crippen molar-refractivity contribution < 1.29 is 9.53 Å². The maximum Gasteiger partial charge on any atom is 0.242 e. The number of carbonyl (C=O) groups excluding carboxylic acids is 1. The van der Waals surface area contributed by atoms with Crippen molar-refractivity contribution in [2.24, 2.45) is 0 Å². The Bertz CT molecular complexity index is 895. The number of rotatable bonds is 5. The number of halogens is 2. The molecule has 0 atom stereocenters.